The van der Waals surface area contributed by atoms with Crippen molar-refractivity contribution in [2.24, 2.45) is 5.92 Å². The van der Waals surface area contributed by atoms with E-state index in [0.717, 1.165) is 24.9 Å². The Morgan fingerprint density at radius 2 is 1.96 bits per heavy atom. The minimum atomic E-state index is -0.822. The summed E-state index contributed by atoms with van der Waals surface area (Å²) in [4.78, 5) is 25.0. The number of unbranched alkanes of at least 4 members (excludes halogenated alkanes) is 1. The molecule has 0 radical (unpaired) electrons. The number of likely N-dealkylation sites (tertiary alicyclic amines) is 1. The first kappa shape index (κ1) is 19.5. The van der Waals surface area contributed by atoms with Crippen molar-refractivity contribution in [1.29, 1.82) is 5.26 Å². The number of carboxylic acids is 1. The molecule has 0 atom stereocenters. The zero-order valence-electron chi connectivity index (χ0n) is 15.1. The lowest BCUT2D eigenvalue weighted by molar-refractivity contribution is -0.145. The van der Waals surface area contributed by atoms with Crippen LogP contribution in [0.25, 0.3) is 0 Å². The Morgan fingerprint density at radius 1 is 1.31 bits per heavy atom. The number of aryl methyl sites for hydroxylation is 1. The SMILES string of the molecule is CCCCc1ccc(N/C=C(/C#N)C(=O)N2CCC(C(=O)O)CC2)cc1. The number of rotatable bonds is 7. The Kier molecular flexibility index (Phi) is 7.22. The van der Waals surface area contributed by atoms with Gasteiger partial charge >= 0.3 is 5.97 Å². The molecule has 1 saturated heterocycles. The number of hydrogen-bond acceptors (Lipinski definition) is 4. The molecular weight excluding hydrogens is 330 g/mol. The number of nitriles is 1. The highest BCUT2D eigenvalue weighted by atomic mass is 16.4. The molecule has 26 heavy (non-hydrogen) atoms. The highest BCUT2D eigenvalue weighted by molar-refractivity contribution is 5.97. The number of benzene rings is 1. The Morgan fingerprint density at radius 3 is 2.50 bits per heavy atom. The normalized spacial score (nSPS) is 15.4. The van der Waals surface area contributed by atoms with Gasteiger partial charge < -0.3 is 15.3 Å². The zero-order chi connectivity index (χ0) is 18.9. The maximum atomic E-state index is 12.4. The van der Waals surface area contributed by atoms with E-state index in [9.17, 15) is 14.9 Å². The fraction of sp³-hybridized carbons (Fsp3) is 0.450. The Hall–Kier alpha value is -2.81. The molecule has 0 aliphatic carbocycles. The van der Waals surface area contributed by atoms with Gasteiger partial charge in [-0.1, -0.05) is 25.5 Å². The molecule has 2 N–H and O–H groups in total. The zero-order valence-corrected chi connectivity index (χ0v) is 15.1. The molecule has 1 heterocycles. The summed E-state index contributed by atoms with van der Waals surface area (Å²) in [5.41, 5.74) is 2.10. The van der Waals surface area contributed by atoms with Crippen molar-refractivity contribution in [3.63, 3.8) is 0 Å². The van der Waals surface area contributed by atoms with Crippen LogP contribution >= 0.6 is 0 Å². The smallest absolute Gasteiger partial charge is 0.306 e. The molecule has 1 amide bonds. The Bertz CT molecular complexity index is 696. The molecule has 1 aromatic carbocycles. The van der Waals surface area contributed by atoms with E-state index in [1.165, 1.54) is 11.8 Å². The van der Waals surface area contributed by atoms with E-state index >= 15 is 0 Å². The van der Waals surface area contributed by atoms with E-state index in [2.05, 4.69) is 12.2 Å². The second-order valence-electron chi connectivity index (χ2n) is 6.52. The number of nitrogens with zero attached hydrogens (tertiary/aromatic N) is 2. The van der Waals surface area contributed by atoms with Crippen molar-refractivity contribution in [3.05, 3.63) is 41.6 Å². The summed E-state index contributed by atoms with van der Waals surface area (Å²) in [6, 6.07) is 9.87. The average molecular weight is 355 g/mol. The maximum Gasteiger partial charge on any atom is 0.306 e. The van der Waals surface area contributed by atoms with Crippen molar-refractivity contribution in [3.8, 4) is 6.07 Å². The molecule has 1 aliphatic rings. The van der Waals surface area contributed by atoms with Crippen molar-refractivity contribution in [1.82, 2.24) is 4.90 Å². The molecule has 2 rings (SSSR count). The monoisotopic (exact) mass is 355 g/mol. The number of carbonyl (C=O) groups is 2. The Labute approximate surface area is 154 Å². The minimum Gasteiger partial charge on any atom is -0.481 e. The highest BCUT2D eigenvalue weighted by Crippen LogP contribution is 2.19. The van der Waals surface area contributed by atoms with Crippen LogP contribution in [0.2, 0.25) is 0 Å². The molecule has 0 spiro atoms. The molecule has 1 fully saturated rings. The number of piperidine rings is 1. The van der Waals surface area contributed by atoms with Crippen LogP contribution in [0, 0.1) is 17.2 Å². The summed E-state index contributed by atoms with van der Waals surface area (Å²) in [6.45, 7) is 2.88. The van der Waals surface area contributed by atoms with Gasteiger partial charge in [-0.25, -0.2) is 0 Å². The summed E-state index contributed by atoms with van der Waals surface area (Å²) in [5, 5.41) is 21.3. The Balaban J connectivity index is 1.94. The molecule has 6 nitrogen and oxygen atoms in total. The third kappa shape index (κ3) is 5.35. The molecule has 1 aliphatic heterocycles. The minimum absolute atomic E-state index is 0.0221. The third-order valence-electron chi connectivity index (χ3n) is 4.64. The van der Waals surface area contributed by atoms with Gasteiger partial charge in [0.25, 0.3) is 5.91 Å². The lowest BCUT2D eigenvalue weighted by atomic mass is 9.97. The van der Waals surface area contributed by atoms with Gasteiger partial charge in [-0.2, -0.15) is 5.26 Å². The lowest BCUT2D eigenvalue weighted by Crippen LogP contribution is -2.40. The molecule has 1 aromatic rings. The summed E-state index contributed by atoms with van der Waals surface area (Å²) < 4.78 is 0. The molecule has 0 saturated carbocycles. The summed E-state index contributed by atoms with van der Waals surface area (Å²) in [5.74, 6) is -1.58. The summed E-state index contributed by atoms with van der Waals surface area (Å²) in [7, 11) is 0. The molecule has 138 valence electrons. The van der Waals surface area contributed by atoms with Crippen LogP contribution in [0.15, 0.2) is 36.0 Å². The maximum absolute atomic E-state index is 12.4. The highest BCUT2D eigenvalue weighted by Gasteiger charge is 2.28. The molecule has 0 bridgehead atoms. The number of amides is 1. The summed E-state index contributed by atoms with van der Waals surface area (Å²) >= 11 is 0. The van der Waals surface area contributed by atoms with Crippen LogP contribution in [0.3, 0.4) is 0 Å². The second kappa shape index (κ2) is 9.62. The first-order chi connectivity index (χ1) is 12.5. The second-order valence-corrected chi connectivity index (χ2v) is 6.52. The van der Waals surface area contributed by atoms with E-state index in [4.69, 9.17) is 5.11 Å². The van der Waals surface area contributed by atoms with Gasteiger partial charge in [0.15, 0.2) is 0 Å². The standard InChI is InChI=1S/C20H25N3O3/c1-2-3-4-15-5-7-18(8-6-15)22-14-17(13-21)19(24)23-11-9-16(10-12-23)20(25)26/h5-8,14,16,22H,2-4,9-12H2,1H3,(H,25,26)/b17-14-. The largest absolute Gasteiger partial charge is 0.481 e. The van der Waals surface area contributed by atoms with Gasteiger partial charge in [0.1, 0.15) is 11.6 Å². The fourth-order valence-corrected chi connectivity index (χ4v) is 2.95. The fourth-order valence-electron chi connectivity index (χ4n) is 2.95. The van der Waals surface area contributed by atoms with E-state index < -0.39 is 11.9 Å². The number of carboxylic acid groups (broad SMARTS) is 1. The number of hydrogen-bond donors (Lipinski definition) is 2. The van der Waals surface area contributed by atoms with Crippen molar-refractivity contribution in [2.75, 3.05) is 18.4 Å². The van der Waals surface area contributed by atoms with E-state index in [1.54, 1.807) is 4.90 Å². The predicted molar refractivity (Wildman–Crippen MR) is 99.3 cm³/mol. The predicted octanol–water partition coefficient (Wildman–Crippen LogP) is 3.17. The lowest BCUT2D eigenvalue weighted by Gasteiger charge is -2.29. The number of nitrogens with one attached hydrogen (secondary N) is 1. The van der Waals surface area contributed by atoms with Crippen LogP contribution in [-0.2, 0) is 16.0 Å². The number of aliphatic carboxylic acids is 1. The van der Waals surface area contributed by atoms with Crippen molar-refractivity contribution in [2.45, 2.75) is 39.0 Å². The quantitative estimate of drug-likeness (QED) is 0.579. The van der Waals surface area contributed by atoms with Gasteiger partial charge in [0, 0.05) is 25.0 Å². The van der Waals surface area contributed by atoms with Crippen LogP contribution in [0.5, 0.6) is 0 Å². The number of carbonyl (C=O) groups excluding carboxylic acids is 1. The van der Waals surface area contributed by atoms with Gasteiger partial charge in [-0.3, -0.25) is 9.59 Å². The molecular formula is C20H25N3O3. The van der Waals surface area contributed by atoms with Crippen LogP contribution in [-0.4, -0.2) is 35.0 Å². The first-order valence-corrected chi connectivity index (χ1v) is 9.03. The van der Waals surface area contributed by atoms with Gasteiger partial charge in [-0.05, 0) is 43.4 Å². The van der Waals surface area contributed by atoms with Crippen molar-refractivity contribution >= 4 is 17.6 Å². The summed E-state index contributed by atoms with van der Waals surface area (Å²) in [6.07, 6.45) is 5.62. The van der Waals surface area contributed by atoms with Crippen LogP contribution in [0.1, 0.15) is 38.2 Å². The van der Waals surface area contributed by atoms with Gasteiger partial charge in [0.2, 0.25) is 0 Å². The number of anilines is 1. The van der Waals surface area contributed by atoms with E-state index in [-0.39, 0.29) is 11.5 Å². The first-order valence-electron chi connectivity index (χ1n) is 9.03. The van der Waals surface area contributed by atoms with Crippen LogP contribution < -0.4 is 5.32 Å². The van der Waals surface area contributed by atoms with Crippen molar-refractivity contribution < 1.29 is 14.7 Å². The van der Waals surface area contributed by atoms with Gasteiger partial charge in [-0.15, -0.1) is 0 Å². The van der Waals surface area contributed by atoms with Crippen LogP contribution in [0.4, 0.5) is 5.69 Å². The molecule has 0 aromatic heterocycles. The third-order valence-corrected chi connectivity index (χ3v) is 4.64. The molecule has 0 unspecified atom stereocenters. The van der Waals surface area contributed by atoms with E-state index in [1.807, 2.05) is 30.3 Å². The van der Waals surface area contributed by atoms with Gasteiger partial charge in [0.05, 0.1) is 5.92 Å². The van der Waals surface area contributed by atoms with E-state index in [0.29, 0.717) is 25.9 Å². The average Bonchev–Trinajstić information content (AvgIpc) is 2.67. The topological polar surface area (TPSA) is 93.4 Å². The molecule has 6 heteroatoms.